The number of nitrogens with one attached hydrogen (secondary N) is 2. The van der Waals surface area contributed by atoms with Crippen molar-refractivity contribution in [1.29, 1.82) is 0 Å². The number of amides is 1. The van der Waals surface area contributed by atoms with Crippen molar-refractivity contribution in [3.05, 3.63) is 94.5 Å². The number of aryl methyl sites for hydroxylation is 1. The minimum absolute atomic E-state index is 0.184. The van der Waals surface area contributed by atoms with E-state index in [1.54, 1.807) is 43.3 Å². The van der Waals surface area contributed by atoms with Gasteiger partial charge in [-0.05, 0) is 66.9 Å². The van der Waals surface area contributed by atoms with Crippen LogP contribution in [0.25, 0.3) is 0 Å². The van der Waals surface area contributed by atoms with Gasteiger partial charge in [0.1, 0.15) is 0 Å². The molecule has 3 rings (SSSR count). The zero-order valence-corrected chi connectivity index (χ0v) is 17.4. The summed E-state index contributed by atoms with van der Waals surface area (Å²) in [4.78, 5) is 12.6. The topological polar surface area (TPSA) is 75.3 Å². The van der Waals surface area contributed by atoms with Crippen LogP contribution in [0.3, 0.4) is 0 Å². The third-order valence-electron chi connectivity index (χ3n) is 4.40. The maximum Gasteiger partial charge on any atom is 0.261 e. The summed E-state index contributed by atoms with van der Waals surface area (Å²) in [7, 11) is -3.68. The third kappa shape index (κ3) is 5.59. The summed E-state index contributed by atoms with van der Waals surface area (Å²) < 4.78 is 27.5. The van der Waals surface area contributed by atoms with Gasteiger partial charge in [-0.15, -0.1) is 0 Å². The predicted octanol–water partition coefficient (Wildman–Crippen LogP) is 4.42. The first-order valence-corrected chi connectivity index (χ1v) is 10.9. The molecule has 0 saturated heterocycles. The van der Waals surface area contributed by atoms with E-state index in [2.05, 4.69) is 10.0 Å². The quantitative estimate of drug-likeness (QED) is 0.584. The van der Waals surface area contributed by atoms with Gasteiger partial charge in [0, 0.05) is 17.1 Å². The highest BCUT2D eigenvalue weighted by Gasteiger charge is 2.15. The largest absolute Gasteiger partial charge is 0.352 e. The van der Waals surface area contributed by atoms with Crippen molar-refractivity contribution < 1.29 is 13.2 Å². The van der Waals surface area contributed by atoms with Gasteiger partial charge in [-0.2, -0.15) is 0 Å². The highest BCUT2D eigenvalue weighted by Crippen LogP contribution is 2.21. The molecule has 0 spiro atoms. The number of hydrogen-bond acceptors (Lipinski definition) is 3. The van der Waals surface area contributed by atoms with Crippen LogP contribution >= 0.6 is 11.6 Å². The summed E-state index contributed by atoms with van der Waals surface area (Å²) >= 11 is 5.87. The van der Waals surface area contributed by atoms with E-state index in [1.807, 2.05) is 24.3 Å². The molecule has 29 heavy (non-hydrogen) atoms. The van der Waals surface area contributed by atoms with E-state index in [0.29, 0.717) is 34.8 Å². The van der Waals surface area contributed by atoms with Crippen molar-refractivity contribution in [1.82, 2.24) is 5.32 Å². The number of carbonyl (C=O) groups excluding carboxylic acids is 1. The van der Waals surface area contributed by atoms with Crippen molar-refractivity contribution >= 4 is 33.2 Å². The number of hydrogen-bond donors (Lipinski definition) is 2. The van der Waals surface area contributed by atoms with Gasteiger partial charge in [0.15, 0.2) is 0 Å². The molecule has 0 aliphatic rings. The Hall–Kier alpha value is -2.83. The van der Waals surface area contributed by atoms with Crippen LogP contribution in [-0.4, -0.2) is 20.9 Å². The van der Waals surface area contributed by atoms with E-state index in [9.17, 15) is 13.2 Å². The fraction of sp³-hybridized carbons (Fsp3) is 0.136. The highest BCUT2D eigenvalue weighted by molar-refractivity contribution is 7.92. The first-order valence-electron chi connectivity index (χ1n) is 9.06. The summed E-state index contributed by atoms with van der Waals surface area (Å²) in [5, 5.41) is 3.55. The standard InChI is InChI=1S/C22H21ClN2O3S/c1-16-15-18(22(26)24-14-13-17-7-10-19(23)11-8-17)9-12-21(16)25-29(27,28)20-5-3-2-4-6-20/h2-12,15,25H,13-14H2,1H3,(H,24,26). The second-order valence-corrected chi connectivity index (χ2v) is 8.70. The molecule has 0 unspecified atom stereocenters. The Morgan fingerprint density at radius 1 is 0.966 bits per heavy atom. The number of halogens is 1. The molecule has 2 N–H and O–H groups in total. The molecule has 1 amide bonds. The number of benzene rings is 3. The molecule has 0 fully saturated rings. The molecule has 150 valence electrons. The fourth-order valence-corrected chi connectivity index (χ4v) is 4.07. The van der Waals surface area contributed by atoms with Crippen LogP contribution in [0.15, 0.2) is 77.7 Å². The lowest BCUT2D eigenvalue weighted by Gasteiger charge is -2.12. The van der Waals surface area contributed by atoms with Crippen LogP contribution < -0.4 is 10.0 Å². The van der Waals surface area contributed by atoms with Gasteiger partial charge in [0.2, 0.25) is 0 Å². The van der Waals surface area contributed by atoms with E-state index in [4.69, 9.17) is 11.6 Å². The van der Waals surface area contributed by atoms with Crippen LogP contribution in [0.1, 0.15) is 21.5 Å². The van der Waals surface area contributed by atoms with E-state index < -0.39 is 10.0 Å². The molecular formula is C22H21ClN2O3S. The van der Waals surface area contributed by atoms with E-state index in [-0.39, 0.29) is 10.8 Å². The second-order valence-electron chi connectivity index (χ2n) is 6.58. The van der Waals surface area contributed by atoms with E-state index >= 15 is 0 Å². The summed E-state index contributed by atoms with van der Waals surface area (Å²) in [6.07, 6.45) is 0.691. The minimum atomic E-state index is -3.68. The Balaban J connectivity index is 1.62. The first-order chi connectivity index (χ1) is 13.8. The molecule has 7 heteroatoms. The smallest absolute Gasteiger partial charge is 0.261 e. The molecule has 0 aromatic heterocycles. The van der Waals surface area contributed by atoms with Crippen molar-refractivity contribution in [2.75, 3.05) is 11.3 Å². The SMILES string of the molecule is Cc1cc(C(=O)NCCc2ccc(Cl)cc2)ccc1NS(=O)(=O)c1ccccc1. The van der Waals surface area contributed by atoms with E-state index in [0.717, 1.165) is 5.56 Å². The normalized spacial score (nSPS) is 11.1. The third-order valence-corrected chi connectivity index (χ3v) is 6.03. The Kier molecular flexibility index (Phi) is 6.56. The van der Waals surface area contributed by atoms with Gasteiger partial charge >= 0.3 is 0 Å². The lowest BCUT2D eigenvalue weighted by atomic mass is 10.1. The molecule has 0 saturated carbocycles. The van der Waals surface area contributed by atoms with Gasteiger partial charge in [-0.3, -0.25) is 9.52 Å². The zero-order chi connectivity index (χ0) is 20.9. The number of anilines is 1. The van der Waals surface area contributed by atoms with Crippen molar-refractivity contribution in [2.45, 2.75) is 18.2 Å². The average molecular weight is 429 g/mol. The van der Waals surface area contributed by atoms with Gasteiger partial charge in [0.25, 0.3) is 15.9 Å². The summed E-state index contributed by atoms with van der Waals surface area (Å²) in [5.41, 5.74) is 2.65. The van der Waals surface area contributed by atoms with Crippen LogP contribution in [0, 0.1) is 6.92 Å². The van der Waals surface area contributed by atoms with Gasteiger partial charge in [-0.1, -0.05) is 41.9 Å². The number of rotatable bonds is 7. The zero-order valence-electron chi connectivity index (χ0n) is 15.9. The van der Waals surface area contributed by atoms with Gasteiger partial charge in [-0.25, -0.2) is 8.42 Å². The Bertz CT molecular complexity index is 1100. The molecule has 5 nitrogen and oxygen atoms in total. The Labute approximate surface area is 175 Å². The Morgan fingerprint density at radius 3 is 2.31 bits per heavy atom. The number of sulfonamides is 1. The maximum absolute atomic E-state index is 12.5. The van der Waals surface area contributed by atoms with Crippen molar-refractivity contribution in [3.63, 3.8) is 0 Å². The lowest BCUT2D eigenvalue weighted by molar-refractivity contribution is 0.0954. The summed E-state index contributed by atoms with van der Waals surface area (Å²) in [6, 6.07) is 20.5. The molecule has 0 aliphatic carbocycles. The molecule has 0 atom stereocenters. The van der Waals surface area contributed by atoms with Crippen LogP contribution in [-0.2, 0) is 16.4 Å². The van der Waals surface area contributed by atoms with Crippen molar-refractivity contribution in [2.24, 2.45) is 0 Å². The second kappa shape index (κ2) is 9.11. The maximum atomic E-state index is 12.5. The number of carbonyl (C=O) groups is 1. The predicted molar refractivity (Wildman–Crippen MR) is 116 cm³/mol. The minimum Gasteiger partial charge on any atom is -0.352 e. The molecule has 0 bridgehead atoms. The molecule has 3 aromatic carbocycles. The molecule has 0 aliphatic heterocycles. The Morgan fingerprint density at radius 2 is 1.66 bits per heavy atom. The van der Waals surface area contributed by atoms with Gasteiger partial charge < -0.3 is 5.32 Å². The molecule has 0 heterocycles. The monoisotopic (exact) mass is 428 g/mol. The van der Waals surface area contributed by atoms with Gasteiger partial charge in [0.05, 0.1) is 10.6 Å². The molecule has 3 aromatic rings. The summed E-state index contributed by atoms with van der Waals surface area (Å²) in [6.45, 7) is 2.25. The fourth-order valence-electron chi connectivity index (χ4n) is 2.80. The molecular weight excluding hydrogens is 408 g/mol. The van der Waals surface area contributed by atoms with E-state index in [1.165, 1.54) is 12.1 Å². The first kappa shape index (κ1) is 20.9. The van der Waals surface area contributed by atoms with Crippen LogP contribution in [0.2, 0.25) is 5.02 Å². The highest BCUT2D eigenvalue weighted by atomic mass is 35.5. The summed E-state index contributed by atoms with van der Waals surface area (Å²) in [5.74, 6) is -0.209. The molecule has 0 radical (unpaired) electrons. The lowest BCUT2D eigenvalue weighted by Crippen LogP contribution is -2.25. The van der Waals surface area contributed by atoms with Crippen LogP contribution in [0.5, 0.6) is 0 Å². The van der Waals surface area contributed by atoms with Crippen molar-refractivity contribution in [3.8, 4) is 0 Å². The average Bonchev–Trinajstić information content (AvgIpc) is 2.71. The van der Waals surface area contributed by atoms with Crippen LogP contribution in [0.4, 0.5) is 5.69 Å².